The van der Waals surface area contributed by atoms with Crippen LogP contribution in [-0.4, -0.2) is 0 Å². The summed E-state index contributed by atoms with van der Waals surface area (Å²) in [5.41, 5.74) is 7.42. The van der Waals surface area contributed by atoms with Gasteiger partial charge in [0.05, 0.1) is 3.79 Å². The van der Waals surface area contributed by atoms with Gasteiger partial charge in [-0.05, 0) is 46.3 Å². The Morgan fingerprint density at radius 2 is 2.00 bits per heavy atom. The summed E-state index contributed by atoms with van der Waals surface area (Å²) >= 11 is 11.1. The number of thiophene rings is 1. The lowest BCUT2D eigenvalue weighted by atomic mass is 10.2. The smallest absolute Gasteiger partial charge is 0.0705 e. The lowest BCUT2D eigenvalue weighted by Gasteiger charge is -2.02. The van der Waals surface area contributed by atoms with Crippen molar-refractivity contribution in [3.63, 3.8) is 0 Å². The molecule has 0 radical (unpaired) electrons. The van der Waals surface area contributed by atoms with Gasteiger partial charge >= 0.3 is 0 Å². The molecule has 1 aromatic heterocycles. The Morgan fingerprint density at radius 3 is 2.64 bits per heavy atom. The topological polar surface area (TPSA) is 26.0 Å². The third-order valence-corrected chi connectivity index (χ3v) is 3.82. The molecule has 2 rings (SSSR count). The van der Waals surface area contributed by atoms with E-state index in [0.29, 0.717) is 0 Å². The van der Waals surface area contributed by atoms with E-state index in [4.69, 9.17) is 17.3 Å². The number of hydrogen-bond acceptors (Lipinski definition) is 2. The van der Waals surface area contributed by atoms with Crippen molar-refractivity contribution in [3.05, 3.63) is 39.1 Å². The first-order chi connectivity index (χ1) is 6.66. The molecule has 1 aromatic carbocycles. The molecule has 0 saturated carbocycles. The van der Waals surface area contributed by atoms with Crippen molar-refractivity contribution >= 4 is 44.6 Å². The standard InChI is InChI=1S/C10H7BrClNS/c11-10-4-3-9(14-10)7-5-6(13)1-2-8(7)12/h1-5H,13H2. The van der Waals surface area contributed by atoms with E-state index in [9.17, 15) is 0 Å². The Hall–Kier alpha value is -0.510. The van der Waals surface area contributed by atoms with Gasteiger partial charge in [-0.1, -0.05) is 11.6 Å². The van der Waals surface area contributed by atoms with E-state index in [2.05, 4.69) is 15.9 Å². The number of rotatable bonds is 1. The molecule has 0 spiro atoms. The summed E-state index contributed by atoms with van der Waals surface area (Å²) in [4.78, 5) is 1.12. The van der Waals surface area contributed by atoms with Crippen LogP contribution < -0.4 is 5.73 Å². The van der Waals surface area contributed by atoms with Crippen molar-refractivity contribution in [1.29, 1.82) is 0 Å². The molecule has 0 fully saturated rings. The van der Waals surface area contributed by atoms with Crippen molar-refractivity contribution in [2.75, 3.05) is 5.73 Å². The van der Waals surface area contributed by atoms with Gasteiger partial charge in [-0.2, -0.15) is 0 Å². The predicted molar refractivity (Wildman–Crippen MR) is 66.9 cm³/mol. The van der Waals surface area contributed by atoms with Gasteiger partial charge in [-0.15, -0.1) is 11.3 Å². The van der Waals surface area contributed by atoms with E-state index in [1.54, 1.807) is 17.4 Å². The lowest BCUT2D eigenvalue weighted by molar-refractivity contribution is 1.67. The highest BCUT2D eigenvalue weighted by Gasteiger charge is 2.06. The van der Waals surface area contributed by atoms with Crippen LogP contribution in [0, 0.1) is 0 Å². The summed E-state index contributed by atoms with van der Waals surface area (Å²) in [6.07, 6.45) is 0. The molecule has 1 nitrogen and oxygen atoms in total. The van der Waals surface area contributed by atoms with Crippen LogP contribution in [0.3, 0.4) is 0 Å². The molecule has 72 valence electrons. The Labute approximate surface area is 99.6 Å². The fraction of sp³-hybridized carbons (Fsp3) is 0. The van der Waals surface area contributed by atoms with E-state index in [1.807, 2.05) is 24.3 Å². The SMILES string of the molecule is Nc1ccc(Cl)c(-c2ccc(Br)s2)c1. The molecule has 0 aliphatic rings. The van der Waals surface area contributed by atoms with Gasteiger partial charge in [0.1, 0.15) is 0 Å². The van der Waals surface area contributed by atoms with E-state index < -0.39 is 0 Å². The Morgan fingerprint density at radius 1 is 1.21 bits per heavy atom. The number of anilines is 1. The largest absolute Gasteiger partial charge is 0.399 e. The predicted octanol–water partition coefficient (Wildman–Crippen LogP) is 4.41. The molecule has 0 amide bonds. The van der Waals surface area contributed by atoms with Crippen LogP contribution in [0.5, 0.6) is 0 Å². The van der Waals surface area contributed by atoms with Crippen LogP contribution in [0.2, 0.25) is 5.02 Å². The number of nitrogen functional groups attached to an aromatic ring is 1. The molecule has 0 aliphatic carbocycles. The maximum Gasteiger partial charge on any atom is 0.0705 e. The second-order valence-electron chi connectivity index (χ2n) is 2.84. The fourth-order valence-corrected chi connectivity index (χ4v) is 2.88. The van der Waals surface area contributed by atoms with E-state index in [1.165, 1.54) is 0 Å². The minimum absolute atomic E-state index is 0.730. The molecule has 0 atom stereocenters. The Kier molecular flexibility index (Phi) is 2.81. The van der Waals surface area contributed by atoms with E-state index in [-0.39, 0.29) is 0 Å². The number of halogens is 2. The van der Waals surface area contributed by atoms with E-state index >= 15 is 0 Å². The molecule has 14 heavy (non-hydrogen) atoms. The summed E-state index contributed by atoms with van der Waals surface area (Å²) < 4.78 is 1.09. The van der Waals surface area contributed by atoms with Crippen molar-refractivity contribution in [2.24, 2.45) is 0 Å². The Bertz CT molecular complexity index is 467. The quantitative estimate of drug-likeness (QED) is 0.773. The minimum atomic E-state index is 0.730. The first-order valence-electron chi connectivity index (χ1n) is 3.97. The minimum Gasteiger partial charge on any atom is -0.399 e. The molecule has 0 unspecified atom stereocenters. The average Bonchev–Trinajstić information content (AvgIpc) is 2.56. The van der Waals surface area contributed by atoms with Crippen molar-refractivity contribution in [2.45, 2.75) is 0 Å². The normalized spacial score (nSPS) is 10.4. The highest BCUT2D eigenvalue weighted by Crippen LogP contribution is 2.36. The first-order valence-corrected chi connectivity index (χ1v) is 5.96. The highest BCUT2D eigenvalue weighted by molar-refractivity contribution is 9.11. The van der Waals surface area contributed by atoms with Gasteiger partial charge < -0.3 is 5.73 Å². The van der Waals surface area contributed by atoms with Crippen molar-refractivity contribution in [1.82, 2.24) is 0 Å². The summed E-state index contributed by atoms with van der Waals surface area (Å²) in [6.45, 7) is 0. The molecule has 2 aromatic rings. The van der Waals surface area contributed by atoms with Gasteiger partial charge in [-0.3, -0.25) is 0 Å². The fourth-order valence-electron chi connectivity index (χ4n) is 1.19. The van der Waals surface area contributed by atoms with Crippen LogP contribution in [0.25, 0.3) is 10.4 Å². The first kappa shape index (κ1) is 10.0. The van der Waals surface area contributed by atoms with Gasteiger partial charge in [0.2, 0.25) is 0 Å². The molecule has 4 heteroatoms. The zero-order chi connectivity index (χ0) is 10.1. The van der Waals surface area contributed by atoms with Crippen molar-refractivity contribution in [3.8, 4) is 10.4 Å². The summed E-state index contributed by atoms with van der Waals surface area (Å²) in [5.74, 6) is 0. The molecular formula is C10H7BrClNS. The number of hydrogen-bond donors (Lipinski definition) is 1. The van der Waals surface area contributed by atoms with Crippen LogP contribution >= 0.6 is 38.9 Å². The van der Waals surface area contributed by atoms with Gasteiger partial charge in [0.25, 0.3) is 0 Å². The maximum atomic E-state index is 6.08. The van der Waals surface area contributed by atoms with Gasteiger partial charge in [-0.25, -0.2) is 0 Å². The average molecular weight is 289 g/mol. The van der Waals surface area contributed by atoms with Crippen LogP contribution in [0.4, 0.5) is 5.69 Å². The van der Waals surface area contributed by atoms with Crippen LogP contribution in [-0.2, 0) is 0 Å². The Balaban J connectivity index is 2.55. The van der Waals surface area contributed by atoms with Crippen molar-refractivity contribution < 1.29 is 0 Å². The van der Waals surface area contributed by atoms with Gasteiger partial charge in [0.15, 0.2) is 0 Å². The molecule has 0 bridgehead atoms. The number of benzene rings is 1. The molecular weight excluding hydrogens is 282 g/mol. The van der Waals surface area contributed by atoms with E-state index in [0.717, 1.165) is 24.9 Å². The molecule has 0 aliphatic heterocycles. The summed E-state index contributed by atoms with van der Waals surface area (Å²) in [5, 5.41) is 0.730. The second kappa shape index (κ2) is 3.93. The zero-order valence-electron chi connectivity index (χ0n) is 7.13. The highest BCUT2D eigenvalue weighted by atomic mass is 79.9. The summed E-state index contributed by atoms with van der Waals surface area (Å²) in [7, 11) is 0. The summed E-state index contributed by atoms with van der Waals surface area (Å²) in [6, 6.07) is 9.53. The van der Waals surface area contributed by atoms with Crippen LogP contribution in [0.1, 0.15) is 0 Å². The number of nitrogens with two attached hydrogens (primary N) is 1. The molecule has 2 N–H and O–H groups in total. The third kappa shape index (κ3) is 1.95. The molecule has 1 heterocycles. The zero-order valence-corrected chi connectivity index (χ0v) is 10.3. The van der Waals surface area contributed by atoms with Crippen LogP contribution in [0.15, 0.2) is 34.1 Å². The lowest BCUT2D eigenvalue weighted by Crippen LogP contribution is -1.84. The monoisotopic (exact) mass is 287 g/mol. The molecule has 0 saturated heterocycles. The third-order valence-electron chi connectivity index (χ3n) is 1.83. The van der Waals surface area contributed by atoms with Gasteiger partial charge in [0, 0.05) is 21.2 Å². The second-order valence-corrected chi connectivity index (χ2v) is 5.71. The maximum absolute atomic E-state index is 6.08.